The van der Waals surface area contributed by atoms with Gasteiger partial charge in [0.25, 0.3) is 0 Å². The second-order valence-electron chi connectivity index (χ2n) is 8.02. The van der Waals surface area contributed by atoms with Crippen LogP contribution in [0.1, 0.15) is 61.7 Å². The third-order valence-corrected chi connectivity index (χ3v) is 6.99. The molecule has 1 atom stereocenters. The number of carbonyl (C=O) groups excluding carboxylic acids is 1. The fraction of sp³-hybridized carbons (Fsp3) is 0.400. The van der Waals surface area contributed by atoms with Crippen molar-refractivity contribution in [1.29, 1.82) is 0 Å². The largest absolute Gasteiger partial charge is 0.492 e. The van der Waals surface area contributed by atoms with Gasteiger partial charge in [-0.1, -0.05) is 73.5 Å². The number of hydrogen-bond acceptors (Lipinski definition) is 5. The zero-order chi connectivity index (χ0) is 22.3. The first-order valence-electron chi connectivity index (χ1n) is 11.3. The van der Waals surface area contributed by atoms with Crippen molar-refractivity contribution in [2.75, 3.05) is 11.9 Å². The molecule has 4 rings (SSSR count). The number of hydrogen-bond donors (Lipinski definition) is 1. The molecule has 6 nitrogen and oxygen atoms in total. The lowest BCUT2D eigenvalue weighted by Gasteiger charge is -2.26. The summed E-state index contributed by atoms with van der Waals surface area (Å²) in [5, 5.41) is 12.2. The van der Waals surface area contributed by atoms with E-state index in [2.05, 4.69) is 20.1 Å². The monoisotopic (exact) mass is 450 g/mol. The third kappa shape index (κ3) is 5.15. The molecule has 7 heteroatoms. The van der Waals surface area contributed by atoms with Crippen LogP contribution in [-0.4, -0.2) is 27.3 Å². The molecule has 1 N–H and O–H groups in total. The Bertz CT molecular complexity index is 1030. The molecule has 1 saturated carbocycles. The highest BCUT2D eigenvalue weighted by atomic mass is 32.2. The average molecular weight is 451 g/mol. The van der Waals surface area contributed by atoms with Gasteiger partial charge in [0, 0.05) is 6.04 Å². The molecule has 0 saturated heterocycles. The first kappa shape index (κ1) is 22.4. The molecule has 3 aromatic rings. The van der Waals surface area contributed by atoms with Crippen molar-refractivity contribution < 1.29 is 9.53 Å². The van der Waals surface area contributed by atoms with Crippen molar-refractivity contribution in [2.45, 2.75) is 62.4 Å². The molecule has 1 fully saturated rings. The van der Waals surface area contributed by atoms with Crippen molar-refractivity contribution in [2.24, 2.45) is 0 Å². The van der Waals surface area contributed by atoms with Gasteiger partial charge < -0.3 is 14.6 Å². The molecule has 1 aromatic heterocycles. The van der Waals surface area contributed by atoms with Crippen molar-refractivity contribution in [3.05, 3.63) is 66.0 Å². The van der Waals surface area contributed by atoms with E-state index >= 15 is 0 Å². The van der Waals surface area contributed by atoms with Gasteiger partial charge in [0.2, 0.25) is 5.91 Å². The van der Waals surface area contributed by atoms with E-state index in [4.69, 9.17) is 4.74 Å². The topological polar surface area (TPSA) is 69.0 Å². The lowest BCUT2D eigenvalue weighted by atomic mass is 9.95. The van der Waals surface area contributed by atoms with Gasteiger partial charge in [-0.15, -0.1) is 10.2 Å². The van der Waals surface area contributed by atoms with Crippen LogP contribution in [0.4, 0.5) is 5.69 Å². The van der Waals surface area contributed by atoms with Gasteiger partial charge in [0.1, 0.15) is 16.8 Å². The summed E-state index contributed by atoms with van der Waals surface area (Å²) in [6.45, 7) is 4.47. The molecular weight excluding hydrogens is 420 g/mol. The Morgan fingerprint density at radius 1 is 1.09 bits per heavy atom. The minimum atomic E-state index is -0.461. The Balaban J connectivity index is 1.62. The molecule has 1 unspecified atom stereocenters. The van der Waals surface area contributed by atoms with Gasteiger partial charge in [-0.3, -0.25) is 4.79 Å². The zero-order valence-corrected chi connectivity index (χ0v) is 19.5. The Labute approximate surface area is 193 Å². The number of aryl methyl sites for hydroxylation is 1. The van der Waals surface area contributed by atoms with E-state index in [0.29, 0.717) is 24.1 Å². The lowest BCUT2D eigenvalue weighted by Crippen LogP contribution is -2.21. The zero-order valence-electron chi connectivity index (χ0n) is 18.7. The quantitative estimate of drug-likeness (QED) is 0.429. The summed E-state index contributed by atoms with van der Waals surface area (Å²) in [4.78, 5) is 13.5. The van der Waals surface area contributed by atoms with E-state index in [0.717, 1.165) is 29.4 Å². The number of amides is 1. The van der Waals surface area contributed by atoms with E-state index < -0.39 is 5.25 Å². The molecule has 1 amide bonds. The number of carbonyl (C=O) groups is 1. The average Bonchev–Trinajstić information content (AvgIpc) is 3.20. The maximum atomic E-state index is 13.5. The summed E-state index contributed by atoms with van der Waals surface area (Å²) in [6.07, 6.45) is 6.01. The lowest BCUT2D eigenvalue weighted by molar-refractivity contribution is -0.115. The molecular formula is C25H30N4O2S. The maximum Gasteiger partial charge on any atom is 0.242 e. The molecule has 1 aliphatic rings. The van der Waals surface area contributed by atoms with Crippen LogP contribution in [-0.2, 0) is 4.79 Å². The number of nitrogens with one attached hydrogen (secondary N) is 1. The van der Waals surface area contributed by atoms with Crippen LogP contribution >= 0.6 is 11.8 Å². The third-order valence-electron chi connectivity index (χ3n) is 5.78. The van der Waals surface area contributed by atoms with Crippen LogP contribution in [0, 0.1) is 6.92 Å². The van der Waals surface area contributed by atoms with Crippen LogP contribution in [0.15, 0.2) is 59.8 Å². The summed E-state index contributed by atoms with van der Waals surface area (Å²) < 4.78 is 7.93. The van der Waals surface area contributed by atoms with Crippen molar-refractivity contribution in [1.82, 2.24) is 14.8 Å². The van der Waals surface area contributed by atoms with E-state index in [9.17, 15) is 4.79 Å². The van der Waals surface area contributed by atoms with Gasteiger partial charge in [-0.2, -0.15) is 0 Å². The maximum absolute atomic E-state index is 13.5. The van der Waals surface area contributed by atoms with Gasteiger partial charge in [0.15, 0.2) is 5.16 Å². The fourth-order valence-electron chi connectivity index (χ4n) is 4.25. The predicted octanol–water partition coefficient (Wildman–Crippen LogP) is 5.96. The summed E-state index contributed by atoms with van der Waals surface area (Å²) in [5.41, 5.74) is 1.60. The first-order chi connectivity index (χ1) is 15.7. The fourth-order valence-corrected chi connectivity index (χ4v) is 5.40. The van der Waals surface area contributed by atoms with Crippen molar-refractivity contribution in [3.8, 4) is 5.75 Å². The van der Waals surface area contributed by atoms with Crippen LogP contribution in [0.3, 0.4) is 0 Å². The predicted molar refractivity (Wildman–Crippen MR) is 128 cm³/mol. The molecule has 0 bridgehead atoms. The highest BCUT2D eigenvalue weighted by Gasteiger charge is 2.28. The number of benzene rings is 2. The number of thioether (sulfide) groups is 1. The summed E-state index contributed by atoms with van der Waals surface area (Å²) in [5.74, 6) is 1.47. The van der Waals surface area contributed by atoms with E-state index in [-0.39, 0.29) is 5.91 Å². The summed E-state index contributed by atoms with van der Waals surface area (Å²) in [7, 11) is 0. The first-order valence-corrected chi connectivity index (χ1v) is 12.2. The smallest absolute Gasteiger partial charge is 0.242 e. The second kappa shape index (κ2) is 10.7. The normalized spacial score (nSPS) is 15.3. The number of aromatic nitrogens is 3. The van der Waals surface area contributed by atoms with E-state index in [1.165, 1.54) is 31.0 Å². The Hall–Kier alpha value is -2.80. The molecule has 168 valence electrons. The Morgan fingerprint density at radius 2 is 1.81 bits per heavy atom. The molecule has 1 heterocycles. The standard InChI is InChI=1S/C25H30N4O2S/c1-3-31-22-17-11-10-16-21(22)26-24(30)23(19-12-6-4-7-13-19)32-25-28-27-18(2)29(25)20-14-8-5-9-15-20/h4,6-7,10-13,16-17,20,23H,3,5,8-9,14-15H2,1-2H3,(H,26,30). The number of ether oxygens (including phenoxy) is 1. The SMILES string of the molecule is CCOc1ccccc1NC(=O)C(Sc1nnc(C)n1C1CCCCC1)c1ccccc1. The number of para-hydroxylation sites is 2. The molecule has 2 aromatic carbocycles. The number of nitrogens with zero attached hydrogens (tertiary/aromatic N) is 3. The molecule has 0 aliphatic heterocycles. The highest BCUT2D eigenvalue weighted by molar-refractivity contribution is 8.00. The van der Waals surface area contributed by atoms with Gasteiger partial charge >= 0.3 is 0 Å². The summed E-state index contributed by atoms with van der Waals surface area (Å²) in [6, 6.07) is 17.8. The van der Waals surface area contributed by atoms with E-state index in [1.807, 2.05) is 68.4 Å². The van der Waals surface area contributed by atoms with Crippen molar-refractivity contribution in [3.63, 3.8) is 0 Å². The number of anilines is 1. The highest BCUT2D eigenvalue weighted by Crippen LogP contribution is 2.39. The number of rotatable bonds is 8. The van der Waals surface area contributed by atoms with Crippen LogP contribution < -0.4 is 10.1 Å². The van der Waals surface area contributed by atoms with Gasteiger partial charge in [0.05, 0.1) is 12.3 Å². The van der Waals surface area contributed by atoms with Crippen LogP contribution in [0.2, 0.25) is 0 Å². The van der Waals surface area contributed by atoms with Gasteiger partial charge in [-0.25, -0.2) is 0 Å². The minimum Gasteiger partial charge on any atom is -0.492 e. The van der Waals surface area contributed by atoms with Crippen molar-refractivity contribution >= 4 is 23.4 Å². The molecule has 1 aliphatic carbocycles. The summed E-state index contributed by atoms with van der Waals surface area (Å²) >= 11 is 1.47. The van der Waals surface area contributed by atoms with E-state index in [1.54, 1.807) is 0 Å². The molecule has 0 radical (unpaired) electrons. The van der Waals surface area contributed by atoms with Crippen LogP contribution in [0.25, 0.3) is 0 Å². The Kier molecular flexibility index (Phi) is 7.47. The molecule has 0 spiro atoms. The Morgan fingerprint density at radius 3 is 2.56 bits per heavy atom. The van der Waals surface area contributed by atoms with Gasteiger partial charge in [-0.05, 0) is 44.4 Å². The minimum absolute atomic E-state index is 0.107. The second-order valence-corrected chi connectivity index (χ2v) is 9.09. The van der Waals surface area contributed by atoms with Crippen LogP contribution in [0.5, 0.6) is 5.75 Å². The molecule has 32 heavy (non-hydrogen) atoms.